The van der Waals surface area contributed by atoms with E-state index in [1.54, 1.807) is 11.0 Å². The molecule has 4 nitrogen and oxygen atoms in total. The van der Waals surface area contributed by atoms with Crippen LogP contribution in [0, 0.1) is 0 Å². The van der Waals surface area contributed by atoms with Gasteiger partial charge in [0.05, 0.1) is 6.21 Å². The van der Waals surface area contributed by atoms with E-state index in [9.17, 15) is 0 Å². The summed E-state index contributed by atoms with van der Waals surface area (Å²) in [5.74, 6) is 0.730. The van der Waals surface area contributed by atoms with Crippen molar-refractivity contribution in [2.75, 3.05) is 0 Å². The van der Waals surface area contributed by atoms with Gasteiger partial charge in [-0.25, -0.2) is 0 Å². The van der Waals surface area contributed by atoms with E-state index in [1.165, 1.54) is 5.56 Å². The highest BCUT2D eigenvalue weighted by Gasteiger charge is 2.12. The van der Waals surface area contributed by atoms with Crippen molar-refractivity contribution in [3.8, 4) is 11.4 Å². The molecule has 0 aliphatic heterocycles. The molecule has 0 radical (unpaired) electrons. The third kappa shape index (κ3) is 3.54. The molecule has 23 heavy (non-hydrogen) atoms. The van der Waals surface area contributed by atoms with Gasteiger partial charge >= 0.3 is 0 Å². The second-order valence-electron chi connectivity index (χ2n) is 6.48. The van der Waals surface area contributed by atoms with Crippen LogP contribution in [0.25, 0.3) is 11.4 Å². The lowest BCUT2D eigenvalue weighted by molar-refractivity contribution is 0.590. The Labute approximate surface area is 136 Å². The monoisotopic (exact) mass is 304 g/mol. The van der Waals surface area contributed by atoms with Crippen molar-refractivity contribution in [2.24, 2.45) is 5.10 Å². The molecule has 0 atom stereocenters. The van der Waals surface area contributed by atoms with Gasteiger partial charge < -0.3 is 0 Å². The Morgan fingerprint density at radius 2 is 1.65 bits per heavy atom. The van der Waals surface area contributed by atoms with Crippen LogP contribution in [0.1, 0.15) is 31.9 Å². The van der Waals surface area contributed by atoms with Crippen LogP contribution in [0.5, 0.6) is 0 Å². The second-order valence-corrected chi connectivity index (χ2v) is 6.48. The minimum absolute atomic E-state index is 0.157. The number of aromatic nitrogens is 3. The molecule has 0 spiro atoms. The van der Waals surface area contributed by atoms with Crippen molar-refractivity contribution in [2.45, 2.75) is 26.2 Å². The third-order valence-electron chi connectivity index (χ3n) is 3.67. The first kappa shape index (κ1) is 15.2. The summed E-state index contributed by atoms with van der Waals surface area (Å²) < 4.78 is 1.69. The smallest absolute Gasteiger partial charge is 0.184 e. The Kier molecular flexibility index (Phi) is 4.06. The van der Waals surface area contributed by atoms with Gasteiger partial charge in [0.1, 0.15) is 6.33 Å². The van der Waals surface area contributed by atoms with E-state index < -0.39 is 0 Å². The number of rotatable bonds is 3. The van der Waals surface area contributed by atoms with Gasteiger partial charge in [-0.1, -0.05) is 75.4 Å². The van der Waals surface area contributed by atoms with E-state index in [4.69, 9.17) is 0 Å². The van der Waals surface area contributed by atoms with E-state index in [1.807, 2.05) is 36.5 Å². The summed E-state index contributed by atoms with van der Waals surface area (Å²) in [4.78, 5) is 0. The Hall–Kier alpha value is -2.75. The Morgan fingerprint density at radius 3 is 2.30 bits per heavy atom. The molecule has 0 fully saturated rings. The maximum absolute atomic E-state index is 4.47. The summed E-state index contributed by atoms with van der Waals surface area (Å²) in [5, 5.41) is 12.6. The normalized spacial score (nSPS) is 12.0. The minimum atomic E-state index is 0.157. The largest absolute Gasteiger partial charge is 0.200 e. The molecule has 0 amide bonds. The van der Waals surface area contributed by atoms with Gasteiger partial charge in [-0.05, 0) is 16.5 Å². The van der Waals surface area contributed by atoms with Crippen LogP contribution in [0.3, 0.4) is 0 Å². The SMILES string of the molecule is CC(C)(C)c1ccc(/C=N\n2cnnc2-c2ccccc2)cc1. The molecule has 0 saturated heterocycles. The van der Waals surface area contributed by atoms with Crippen molar-refractivity contribution in [3.63, 3.8) is 0 Å². The van der Waals surface area contributed by atoms with E-state index in [0.29, 0.717) is 0 Å². The predicted molar refractivity (Wildman–Crippen MR) is 93.6 cm³/mol. The molecule has 3 rings (SSSR count). The van der Waals surface area contributed by atoms with Gasteiger partial charge in [0, 0.05) is 5.56 Å². The lowest BCUT2D eigenvalue weighted by Gasteiger charge is -2.18. The fourth-order valence-electron chi connectivity index (χ4n) is 2.29. The zero-order valence-electron chi connectivity index (χ0n) is 13.6. The molecule has 0 N–H and O–H groups in total. The lowest BCUT2D eigenvalue weighted by Crippen LogP contribution is -2.10. The first-order valence-corrected chi connectivity index (χ1v) is 7.64. The minimum Gasteiger partial charge on any atom is -0.200 e. The lowest BCUT2D eigenvalue weighted by atomic mass is 9.87. The molecule has 1 heterocycles. The van der Waals surface area contributed by atoms with E-state index >= 15 is 0 Å². The summed E-state index contributed by atoms with van der Waals surface area (Å²) in [6.07, 6.45) is 3.44. The van der Waals surface area contributed by atoms with Crippen molar-refractivity contribution < 1.29 is 0 Å². The van der Waals surface area contributed by atoms with Crippen LogP contribution < -0.4 is 0 Å². The quantitative estimate of drug-likeness (QED) is 0.683. The molecular weight excluding hydrogens is 284 g/mol. The summed E-state index contributed by atoms with van der Waals surface area (Å²) >= 11 is 0. The zero-order chi connectivity index (χ0) is 16.3. The third-order valence-corrected chi connectivity index (χ3v) is 3.67. The van der Waals surface area contributed by atoms with E-state index in [2.05, 4.69) is 60.3 Å². The molecule has 1 aromatic heterocycles. The summed E-state index contributed by atoms with van der Waals surface area (Å²) in [6.45, 7) is 6.62. The Morgan fingerprint density at radius 1 is 0.957 bits per heavy atom. The highest BCUT2D eigenvalue weighted by Crippen LogP contribution is 2.22. The first-order valence-electron chi connectivity index (χ1n) is 7.64. The second kappa shape index (κ2) is 6.16. The van der Waals surface area contributed by atoms with Crippen molar-refractivity contribution in [1.82, 2.24) is 14.9 Å². The van der Waals surface area contributed by atoms with Crippen LogP contribution >= 0.6 is 0 Å². The van der Waals surface area contributed by atoms with Gasteiger partial charge in [0.25, 0.3) is 0 Å². The van der Waals surface area contributed by atoms with Crippen molar-refractivity contribution in [1.29, 1.82) is 0 Å². The summed E-state index contributed by atoms with van der Waals surface area (Å²) in [7, 11) is 0. The molecule has 116 valence electrons. The average Bonchev–Trinajstić information content (AvgIpc) is 3.02. The van der Waals surface area contributed by atoms with Gasteiger partial charge in [0.2, 0.25) is 0 Å². The fraction of sp³-hybridized carbons (Fsp3) is 0.211. The Bertz CT molecular complexity index is 793. The van der Waals surface area contributed by atoms with E-state index in [0.717, 1.165) is 17.0 Å². The first-order chi connectivity index (χ1) is 11.0. The summed E-state index contributed by atoms with van der Waals surface area (Å²) in [5.41, 5.74) is 3.50. The summed E-state index contributed by atoms with van der Waals surface area (Å²) in [6, 6.07) is 18.4. The standard InChI is InChI=1S/C19H20N4/c1-19(2,3)17-11-9-15(10-12-17)13-21-23-14-20-22-18(23)16-7-5-4-6-8-16/h4-14H,1-3H3/b21-13-. The molecule has 0 bridgehead atoms. The number of hydrogen-bond acceptors (Lipinski definition) is 3. The number of nitrogens with zero attached hydrogens (tertiary/aromatic N) is 4. The van der Waals surface area contributed by atoms with Crippen LogP contribution in [-0.4, -0.2) is 21.1 Å². The van der Waals surface area contributed by atoms with Gasteiger partial charge in [-0.3, -0.25) is 0 Å². The van der Waals surface area contributed by atoms with Gasteiger partial charge in [-0.2, -0.15) is 9.78 Å². The van der Waals surface area contributed by atoms with E-state index in [-0.39, 0.29) is 5.41 Å². The van der Waals surface area contributed by atoms with Crippen LogP contribution in [0.4, 0.5) is 0 Å². The van der Waals surface area contributed by atoms with Gasteiger partial charge in [0.15, 0.2) is 5.82 Å². The molecular formula is C19H20N4. The maximum atomic E-state index is 4.47. The average molecular weight is 304 g/mol. The highest BCUT2D eigenvalue weighted by molar-refractivity contribution is 5.79. The van der Waals surface area contributed by atoms with Crippen molar-refractivity contribution >= 4 is 6.21 Å². The number of benzene rings is 2. The molecule has 0 saturated carbocycles. The predicted octanol–water partition coefficient (Wildman–Crippen LogP) is 4.12. The molecule has 0 aliphatic rings. The topological polar surface area (TPSA) is 43.1 Å². The molecule has 2 aromatic carbocycles. The molecule has 3 aromatic rings. The van der Waals surface area contributed by atoms with Crippen LogP contribution in [0.2, 0.25) is 0 Å². The zero-order valence-corrected chi connectivity index (χ0v) is 13.6. The molecule has 0 aliphatic carbocycles. The molecule has 0 unspecified atom stereocenters. The molecule has 4 heteroatoms. The Balaban J connectivity index is 1.83. The number of hydrogen-bond donors (Lipinski definition) is 0. The van der Waals surface area contributed by atoms with Crippen LogP contribution in [-0.2, 0) is 5.41 Å². The van der Waals surface area contributed by atoms with Crippen molar-refractivity contribution in [3.05, 3.63) is 72.1 Å². The van der Waals surface area contributed by atoms with Gasteiger partial charge in [-0.15, -0.1) is 10.2 Å². The van der Waals surface area contributed by atoms with Crippen LogP contribution in [0.15, 0.2) is 66.0 Å². The fourth-order valence-corrected chi connectivity index (χ4v) is 2.29. The highest BCUT2D eigenvalue weighted by atomic mass is 15.4. The maximum Gasteiger partial charge on any atom is 0.184 e.